The molecule has 1 amide bonds. The largest absolute Gasteiger partial charge is 0.524 e. The first-order valence-electron chi connectivity index (χ1n) is 8.53. The number of benzene rings is 1. The second-order valence-electron chi connectivity index (χ2n) is 6.10. The number of amides is 1. The molecule has 0 saturated carbocycles. The Morgan fingerprint density at radius 3 is 2.61 bits per heavy atom. The Morgan fingerprint density at radius 2 is 1.94 bits per heavy atom. The van der Waals surface area contributed by atoms with Crippen LogP contribution in [0.4, 0.5) is 33.3 Å². The number of pyridine rings is 1. The van der Waals surface area contributed by atoms with Gasteiger partial charge < -0.3 is 14.4 Å². The quantitative estimate of drug-likeness (QED) is 0.234. The first-order valence-corrected chi connectivity index (χ1v) is 9.73. The average Bonchev–Trinajstić information content (AvgIpc) is 2.95. The molecule has 3 N–H and O–H groups in total. The van der Waals surface area contributed by atoms with Gasteiger partial charge in [-0.1, -0.05) is 17.7 Å². The highest BCUT2D eigenvalue weighted by Crippen LogP contribution is 2.35. The van der Waals surface area contributed by atoms with Crippen LogP contribution in [-0.4, -0.2) is 22.9 Å². The molecule has 31 heavy (non-hydrogen) atoms. The molecule has 3 rings (SSSR count). The average molecular weight is 481 g/mol. The van der Waals surface area contributed by atoms with E-state index in [4.69, 9.17) is 11.6 Å². The predicted octanol–water partition coefficient (Wildman–Crippen LogP) is 5.57. The zero-order valence-corrected chi connectivity index (χ0v) is 17.1. The number of fused-ring (bicyclic) bond motifs is 1. The molecule has 0 radical (unpaired) electrons. The second kappa shape index (κ2) is 9.30. The minimum atomic E-state index is -4.81. The Balaban J connectivity index is 1.82. The lowest BCUT2D eigenvalue weighted by atomic mass is 10.3. The van der Waals surface area contributed by atoms with E-state index < -0.39 is 30.1 Å². The summed E-state index contributed by atoms with van der Waals surface area (Å²) in [5.74, 6) is -2.91. The number of carbonyl (C=O) groups excluding carboxylic acids is 1. The van der Waals surface area contributed by atoms with Gasteiger partial charge in [0, 0.05) is 30.1 Å². The van der Waals surface area contributed by atoms with Crippen LogP contribution in [0.25, 0.3) is 5.52 Å². The number of anilines is 2. The Labute approximate surface area is 182 Å². The summed E-state index contributed by atoms with van der Waals surface area (Å²) in [7, 11) is 0. The van der Waals surface area contributed by atoms with E-state index in [1.807, 2.05) is 0 Å². The van der Waals surface area contributed by atoms with E-state index in [1.54, 1.807) is 24.4 Å². The molecule has 1 unspecified atom stereocenters. The summed E-state index contributed by atoms with van der Waals surface area (Å²) < 4.78 is 73.6. The van der Waals surface area contributed by atoms with Gasteiger partial charge in [-0.2, -0.15) is 0 Å². The van der Waals surface area contributed by atoms with Crippen molar-refractivity contribution in [2.24, 2.45) is 0 Å². The van der Waals surface area contributed by atoms with E-state index in [0.717, 1.165) is 19.1 Å². The predicted molar refractivity (Wildman–Crippen MR) is 108 cm³/mol. The van der Waals surface area contributed by atoms with Crippen LogP contribution in [0.5, 0.6) is 0 Å². The molecule has 2 aromatic heterocycles. The highest BCUT2D eigenvalue weighted by atomic mass is 35.5. The molecule has 2 heterocycles. The molecule has 0 aliphatic carbocycles. The van der Waals surface area contributed by atoms with Crippen LogP contribution < -0.4 is 14.8 Å². The van der Waals surface area contributed by atoms with Crippen molar-refractivity contribution in [3.63, 3.8) is 0 Å². The number of alkyl halides is 3. The minimum Gasteiger partial charge on any atom is -0.321 e. The second-order valence-corrected chi connectivity index (χ2v) is 7.13. The van der Waals surface area contributed by atoms with E-state index in [-0.39, 0.29) is 22.1 Å². The van der Waals surface area contributed by atoms with Crippen molar-refractivity contribution in [1.82, 2.24) is 9.12 Å². The van der Waals surface area contributed by atoms with Crippen molar-refractivity contribution in [3.05, 3.63) is 64.9 Å². The maximum absolute atomic E-state index is 13.4. The van der Waals surface area contributed by atoms with Gasteiger partial charge in [0.15, 0.2) is 11.6 Å². The Bertz CT molecular complexity index is 1110. The van der Waals surface area contributed by atoms with E-state index in [2.05, 4.69) is 19.5 Å². The smallest absolute Gasteiger partial charge is 0.321 e. The summed E-state index contributed by atoms with van der Waals surface area (Å²) in [5, 5.41) is 2.39. The lowest BCUT2D eigenvalue weighted by Crippen LogP contribution is -2.30. The van der Waals surface area contributed by atoms with Crippen molar-refractivity contribution in [1.29, 1.82) is 0 Å². The summed E-state index contributed by atoms with van der Waals surface area (Å²) in [4.78, 5) is 12.8. The van der Waals surface area contributed by atoms with Gasteiger partial charge in [0.25, 0.3) is 5.91 Å². The van der Waals surface area contributed by atoms with Crippen molar-refractivity contribution in [2.75, 3.05) is 10.0 Å². The van der Waals surface area contributed by atoms with Crippen LogP contribution in [0.1, 0.15) is 17.4 Å². The lowest BCUT2D eigenvalue weighted by molar-refractivity contribution is -0.341. The van der Waals surface area contributed by atoms with Crippen LogP contribution in [0.3, 0.4) is 0 Å². The molecule has 6 nitrogen and oxygen atoms in total. The number of ether oxygens (including phenoxy) is 1. The highest BCUT2D eigenvalue weighted by molar-refractivity contribution is 7.98. The van der Waals surface area contributed by atoms with Gasteiger partial charge in [0.05, 0.1) is 16.2 Å². The third kappa shape index (κ3) is 5.58. The maximum atomic E-state index is 13.4. The molecule has 0 bridgehead atoms. The summed E-state index contributed by atoms with van der Waals surface area (Å²) in [6, 6.07) is 7.79. The molecule has 0 aliphatic heterocycles. The number of nitrogens with one attached hydrogen (secondary N) is 3. The van der Waals surface area contributed by atoms with Gasteiger partial charge in [-0.3, -0.25) is 9.53 Å². The lowest BCUT2D eigenvalue weighted by Gasteiger charge is -2.16. The van der Waals surface area contributed by atoms with Crippen LogP contribution in [0.15, 0.2) is 42.6 Å². The van der Waals surface area contributed by atoms with E-state index in [1.165, 1.54) is 10.5 Å². The monoisotopic (exact) mass is 480 g/mol. The zero-order chi connectivity index (χ0) is 22.8. The highest BCUT2D eigenvalue weighted by Gasteiger charge is 2.32. The van der Waals surface area contributed by atoms with Crippen molar-refractivity contribution in [2.45, 2.75) is 19.5 Å². The van der Waals surface area contributed by atoms with Gasteiger partial charge in [-0.25, -0.2) is 13.5 Å². The molecule has 13 heteroatoms. The van der Waals surface area contributed by atoms with Crippen molar-refractivity contribution in [3.8, 4) is 0 Å². The fourth-order valence-corrected chi connectivity index (χ4v) is 3.60. The fraction of sp³-hybridized carbons (Fsp3) is 0.167. The van der Waals surface area contributed by atoms with Gasteiger partial charge in [0.1, 0.15) is 11.9 Å². The number of nitrogens with zero attached hydrogens (tertiary/aromatic N) is 1. The van der Waals surface area contributed by atoms with Crippen LogP contribution in [0.2, 0.25) is 5.02 Å². The number of hydrogen-bond donors (Lipinski definition) is 3. The summed E-state index contributed by atoms with van der Waals surface area (Å²) in [6.45, 7) is 1.16. The number of rotatable bonds is 7. The van der Waals surface area contributed by atoms with E-state index >= 15 is 0 Å². The molecule has 0 aliphatic rings. The molecule has 0 spiro atoms. The number of halogens is 6. The van der Waals surface area contributed by atoms with Gasteiger partial charge >= 0.3 is 6.36 Å². The van der Waals surface area contributed by atoms with Gasteiger partial charge in [-0.05, 0) is 31.2 Å². The molecular weight excluding hydrogens is 467 g/mol. The number of carbonyl (C=O) groups is 1. The third-order valence-electron chi connectivity index (χ3n) is 3.87. The summed E-state index contributed by atoms with van der Waals surface area (Å²) in [6.07, 6.45) is -4.64. The summed E-state index contributed by atoms with van der Waals surface area (Å²) in [5.41, 5.74) is 0.676. The van der Waals surface area contributed by atoms with E-state index in [0.29, 0.717) is 17.7 Å². The SMILES string of the molecule is CC(NSNc1c(Cl)c(C(=O)Nc2ccc(F)c(F)c2)n2ccccc12)OC(F)(F)F. The summed E-state index contributed by atoms with van der Waals surface area (Å²) >= 11 is 7.03. The normalized spacial score (nSPS) is 12.7. The van der Waals surface area contributed by atoms with Gasteiger partial charge in [-0.15, -0.1) is 13.2 Å². The minimum absolute atomic E-state index is 0.00882. The standard InChI is InChI=1S/C18H14ClF5N4O2S/c1-9(30-18(22,23)24)26-31-27-15-13-4-2-3-7-28(13)16(14(15)19)17(29)25-10-5-6-11(20)12(21)8-10/h2-9,26-27H,1H3,(H,25,29). The van der Waals surface area contributed by atoms with Crippen molar-refractivity contribution >= 4 is 46.5 Å². The molecule has 1 aromatic carbocycles. The maximum Gasteiger partial charge on any atom is 0.524 e. The first kappa shape index (κ1) is 23.1. The molecule has 0 saturated heterocycles. The topological polar surface area (TPSA) is 66.8 Å². The van der Waals surface area contributed by atoms with Crippen molar-refractivity contribution < 1.29 is 31.5 Å². The van der Waals surface area contributed by atoms with E-state index in [9.17, 15) is 26.7 Å². The van der Waals surface area contributed by atoms with Crippen LogP contribution >= 0.6 is 23.7 Å². The molecular formula is C18H14ClF5N4O2S. The van der Waals surface area contributed by atoms with Crippen LogP contribution in [0, 0.1) is 11.6 Å². The molecule has 1 atom stereocenters. The first-order chi connectivity index (χ1) is 14.6. The Hall–Kier alpha value is -2.54. The zero-order valence-electron chi connectivity index (χ0n) is 15.6. The van der Waals surface area contributed by atoms with Crippen LogP contribution in [-0.2, 0) is 4.74 Å². The number of aromatic nitrogens is 1. The Morgan fingerprint density at radius 1 is 1.19 bits per heavy atom. The molecule has 0 fully saturated rings. The third-order valence-corrected chi connectivity index (χ3v) is 4.99. The number of hydrogen-bond acceptors (Lipinski definition) is 5. The molecule has 3 aromatic rings. The van der Waals surface area contributed by atoms with Gasteiger partial charge in [0.2, 0.25) is 0 Å². The fourth-order valence-electron chi connectivity index (χ4n) is 2.64. The molecule has 166 valence electrons. The Kier molecular flexibility index (Phi) is 6.94.